The van der Waals surface area contributed by atoms with Crippen LogP contribution in [0, 0.1) is 13.8 Å². The van der Waals surface area contributed by atoms with Gasteiger partial charge in [0, 0.05) is 55.0 Å². The molecule has 0 unspecified atom stereocenters. The van der Waals surface area contributed by atoms with Crippen molar-refractivity contribution < 1.29 is 23.5 Å². The average molecular weight is 731 g/mol. The van der Waals surface area contributed by atoms with Crippen molar-refractivity contribution in [3.63, 3.8) is 0 Å². The summed E-state index contributed by atoms with van der Waals surface area (Å²) in [6.45, 7) is 20.2. The van der Waals surface area contributed by atoms with Crippen molar-refractivity contribution >= 4 is 31.5 Å². The minimum absolute atomic E-state index is 0.0131. The summed E-state index contributed by atoms with van der Waals surface area (Å²) in [6.07, 6.45) is 4.26. The van der Waals surface area contributed by atoms with Gasteiger partial charge in [0.2, 0.25) is 15.1 Å². The number of aryl methyl sites for hydroxylation is 1. The molecule has 1 radical (unpaired) electrons. The summed E-state index contributed by atoms with van der Waals surface area (Å²) in [4.78, 5) is 33.0. The summed E-state index contributed by atoms with van der Waals surface area (Å²) in [7, 11) is -0.245. The topological polar surface area (TPSA) is 91.1 Å². The van der Waals surface area contributed by atoms with Crippen LogP contribution in [0.3, 0.4) is 0 Å². The number of ether oxygens (including phenoxy) is 2. The van der Waals surface area contributed by atoms with Crippen LogP contribution >= 0.6 is 0 Å². The molecule has 0 saturated heterocycles. The zero-order valence-electron chi connectivity index (χ0n) is 31.9. The van der Waals surface area contributed by atoms with Crippen LogP contribution in [-0.4, -0.2) is 52.2 Å². The lowest BCUT2D eigenvalue weighted by molar-refractivity contribution is 0.0658. The van der Waals surface area contributed by atoms with Gasteiger partial charge in [0.05, 0.1) is 23.0 Å². The number of carbonyl (C=O) groups excluding carboxylic acids is 2. The molecule has 0 spiro atoms. The molecule has 0 N–H and O–H groups in total. The molecule has 4 heterocycles. The molecule has 0 bridgehead atoms. The molecule has 0 aliphatic carbocycles. The van der Waals surface area contributed by atoms with E-state index >= 15 is 0 Å². The quantitative estimate of drug-likeness (QED) is 0.148. The number of carbonyl (C=O) groups is 2. The van der Waals surface area contributed by atoms with E-state index < -0.39 is 8.32 Å². The zero-order chi connectivity index (χ0) is 37.8. The van der Waals surface area contributed by atoms with Crippen LogP contribution in [0.25, 0.3) is 11.3 Å². The largest absolute Gasteiger partial charge is 0.544 e. The second kappa shape index (κ2) is 13.6. The predicted molar refractivity (Wildman–Crippen MR) is 210 cm³/mol. The van der Waals surface area contributed by atoms with Gasteiger partial charge in [-0.25, -0.2) is 0 Å². The van der Waals surface area contributed by atoms with Gasteiger partial charge in [-0.1, -0.05) is 45.0 Å². The Balaban J connectivity index is 1.29. The van der Waals surface area contributed by atoms with E-state index in [1.807, 2.05) is 78.2 Å². The van der Waals surface area contributed by atoms with E-state index in [0.717, 1.165) is 23.4 Å². The summed E-state index contributed by atoms with van der Waals surface area (Å²) in [6, 6.07) is 21.4. The molecule has 0 saturated carbocycles. The fourth-order valence-electron chi connectivity index (χ4n) is 6.95. The molecule has 10 nitrogen and oxygen atoms in total. The lowest BCUT2D eigenvalue weighted by Crippen LogP contribution is -2.43. The molecular weight excluding hydrogens is 683 g/mol. The molecule has 275 valence electrons. The Bertz CT molecular complexity index is 2200. The maximum absolute atomic E-state index is 14.9. The number of rotatable bonds is 8. The number of hydrogen-bond acceptors (Lipinski definition) is 6. The monoisotopic (exact) mass is 730 g/mol. The van der Waals surface area contributed by atoms with Crippen LogP contribution in [0.4, 0.5) is 11.4 Å². The van der Waals surface area contributed by atoms with E-state index in [2.05, 4.69) is 64.9 Å². The lowest BCUT2D eigenvalue weighted by atomic mass is 9.93. The van der Waals surface area contributed by atoms with E-state index in [1.54, 1.807) is 21.8 Å². The van der Waals surface area contributed by atoms with Gasteiger partial charge in [-0.15, -0.1) is 0 Å². The highest BCUT2D eigenvalue weighted by Gasteiger charge is 2.39. The third kappa shape index (κ3) is 6.62. The minimum Gasteiger partial charge on any atom is -0.544 e. The van der Waals surface area contributed by atoms with Gasteiger partial charge in [-0.05, 0) is 98.9 Å². The van der Waals surface area contributed by atoms with Crippen molar-refractivity contribution in [3.05, 3.63) is 114 Å². The Morgan fingerprint density at radius 3 is 2.30 bits per heavy atom. The highest BCUT2D eigenvalue weighted by atomic mass is 28.4. The molecule has 0 fully saturated rings. The molecule has 5 aromatic rings. The molecule has 2 aliphatic heterocycles. The average Bonchev–Trinajstić information content (AvgIpc) is 3.85. The molecule has 2 aromatic heterocycles. The molecule has 7 rings (SSSR count). The van der Waals surface area contributed by atoms with Gasteiger partial charge in [0.15, 0.2) is 11.5 Å². The number of hydrogen-bond donors (Lipinski definition) is 0. The Labute approximate surface area is 313 Å². The fraction of sp³-hybridized carbons (Fsp3) is 0.333. The highest BCUT2D eigenvalue weighted by Crippen LogP contribution is 2.42. The van der Waals surface area contributed by atoms with Gasteiger partial charge in [0.1, 0.15) is 5.75 Å². The van der Waals surface area contributed by atoms with Crippen LogP contribution in [0.15, 0.2) is 79.1 Å². The molecule has 2 aliphatic rings. The predicted octanol–water partition coefficient (Wildman–Crippen LogP) is 8.71. The zero-order valence-corrected chi connectivity index (χ0v) is 32.9. The molecule has 2 amide bonds. The maximum Gasteiger partial charge on any atom is 0.264 e. The van der Waals surface area contributed by atoms with E-state index in [9.17, 15) is 9.59 Å². The van der Waals surface area contributed by atoms with Crippen molar-refractivity contribution in [1.29, 1.82) is 0 Å². The number of fused-ring (bicyclic) bond motifs is 2. The first-order valence-electron chi connectivity index (χ1n) is 18.1. The highest BCUT2D eigenvalue weighted by molar-refractivity contribution is 6.74. The van der Waals surface area contributed by atoms with E-state index in [1.165, 1.54) is 5.56 Å². The SMILES string of the molecule is [CH2]Cn1c(-c2cc3c(cc2C(=O)N2Cc4ccccc4C[C@H]2C)OCO3)cc(C(=O)N(c2ccc(O[Si](C)(C)C(C)(C)C)cc2)c2cnn(C)c2)c1C. The second-order valence-electron chi connectivity index (χ2n) is 15.6. The molecule has 11 heteroatoms. The smallest absolute Gasteiger partial charge is 0.264 e. The Morgan fingerprint density at radius 1 is 0.981 bits per heavy atom. The Morgan fingerprint density at radius 2 is 1.66 bits per heavy atom. The maximum atomic E-state index is 14.9. The van der Waals surface area contributed by atoms with E-state index in [0.29, 0.717) is 58.3 Å². The minimum atomic E-state index is -2.07. The lowest BCUT2D eigenvalue weighted by Gasteiger charge is -2.36. The first-order chi connectivity index (χ1) is 25.2. The Hall–Kier alpha value is -5.29. The summed E-state index contributed by atoms with van der Waals surface area (Å²) in [5, 5.41) is 4.43. The van der Waals surface area contributed by atoms with Crippen LogP contribution < -0.4 is 18.8 Å². The van der Waals surface area contributed by atoms with Gasteiger partial charge < -0.3 is 23.4 Å². The first kappa shape index (κ1) is 36.1. The third-order valence-corrected chi connectivity index (χ3v) is 15.4. The van der Waals surface area contributed by atoms with Gasteiger partial charge in [-0.3, -0.25) is 19.2 Å². The second-order valence-corrected chi connectivity index (χ2v) is 20.3. The van der Waals surface area contributed by atoms with Crippen LogP contribution in [0.1, 0.15) is 65.2 Å². The summed E-state index contributed by atoms with van der Waals surface area (Å²) in [5.41, 5.74) is 6.72. The van der Waals surface area contributed by atoms with Crippen molar-refractivity contribution in [2.45, 2.75) is 78.3 Å². The summed E-state index contributed by atoms with van der Waals surface area (Å²) in [5.74, 6) is 1.49. The number of amides is 2. The van der Waals surface area contributed by atoms with Gasteiger partial charge in [-0.2, -0.15) is 5.10 Å². The standard InChI is InChI=1S/C42H48N5O5Si/c1-10-45-28(3)34(41(49)47(32-23-43-44(7)25-32)31-15-17-33(18-16-31)52-53(8,9)42(4,5)6)20-37(45)35-21-38-39(51-26-50-38)22-36(35)40(48)46-24-30-14-12-11-13-29(30)19-27(46)2/h11-18,20-23,25,27H,1,10,19,24,26H2,2-9H3/t27-/m1/s1. The number of nitrogens with zero attached hydrogens (tertiary/aromatic N) is 5. The fourth-order valence-corrected chi connectivity index (χ4v) is 7.98. The van der Waals surface area contributed by atoms with Gasteiger partial charge >= 0.3 is 0 Å². The van der Waals surface area contributed by atoms with Gasteiger partial charge in [0.25, 0.3) is 11.8 Å². The number of benzene rings is 3. The third-order valence-electron chi connectivity index (χ3n) is 11.0. The summed E-state index contributed by atoms with van der Waals surface area (Å²) >= 11 is 0. The molecule has 1 atom stereocenters. The van der Waals surface area contributed by atoms with Crippen molar-refractivity contribution in [2.24, 2.45) is 7.05 Å². The van der Waals surface area contributed by atoms with E-state index in [4.69, 9.17) is 13.9 Å². The van der Waals surface area contributed by atoms with Crippen LogP contribution in [-0.2, 0) is 26.6 Å². The van der Waals surface area contributed by atoms with E-state index in [-0.39, 0.29) is 29.7 Å². The Kier molecular flexibility index (Phi) is 9.26. The molecule has 3 aromatic carbocycles. The number of aromatic nitrogens is 3. The van der Waals surface area contributed by atoms with Crippen molar-refractivity contribution in [3.8, 4) is 28.5 Å². The molecule has 53 heavy (non-hydrogen) atoms. The normalized spacial score (nSPS) is 15.3. The number of anilines is 2. The van der Waals surface area contributed by atoms with Crippen LogP contribution in [0.2, 0.25) is 18.1 Å². The van der Waals surface area contributed by atoms with Crippen LogP contribution in [0.5, 0.6) is 17.2 Å². The summed E-state index contributed by atoms with van der Waals surface area (Å²) < 4.78 is 21.8. The van der Waals surface area contributed by atoms with Crippen molar-refractivity contribution in [2.75, 3.05) is 11.7 Å². The first-order valence-corrected chi connectivity index (χ1v) is 21.0. The molecular formula is C42H48N5O5Si. The van der Waals surface area contributed by atoms with Crippen molar-refractivity contribution in [1.82, 2.24) is 19.2 Å².